The molecule has 5 heteroatoms. The Morgan fingerprint density at radius 3 is 2.50 bits per heavy atom. The van der Waals surface area contributed by atoms with Crippen molar-refractivity contribution in [3.05, 3.63) is 65.9 Å². The van der Waals surface area contributed by atoms with Crippen LogP contribution in [0.3, 0.4) is 0 Å². The molecule has 2 aromatic carbocycles. The fraction of sp³-hybridized carbons (Fsp3) is 0.176. The molecule has 0 aromatic heterocycles. The fourth-order valence-electron chi connectivity index (χ4n) is 2.03. The lowest BCUT2D eigenvalue weighted by Crippen LogP contribution is -2.06. The minimum absolute atomic E-state index is 0.176. The molecule has 2 aromatic rings. The molecule has 0 amide bonds. The molecule has 2 rings (SSSR count). The number of ether oxygens (including phenoxy) is 1. The number of hydrogen-bond donors (Lipinski definition) is 1. The lowest BCUT2D eigenvalue weighted by Gasteiger charge is -2.15. The van der Waals surface area contributed by atoms with E-state index in [-0.39, 0.29) is 18.1 Å². The Balaban J connectivity index is 2.52. The normalized spacial score (nSPS) is 11.3. The van der Waals surface area contributed by atoms with E-state index in [9.17, 15) is 13.2 Å². The van der Waals surface area contributed by atoms with Gasteiger partial charge in [-0.25, -0.2) is 0 Å². The van der Waals surface area contributed by atoms with Gasteiger partial charge in [-0.05, 0) is 30.7 Å². The van der Waals surface area contributed by atoms with Crippen LogP contribution >= 0.6 is 0 Å². The number of rotatable bonds is 4. The van der Waals surface area contributed by atoms with E-state index in [1.807, 2.05) is 13.0 Å². The molecule has 116 valence electrons. The van der Waals surface area contributed by atoms with Gasteiger partial charge < -0.3 is 9.84 Å². The second kappa shape index (κ2) is 6.13. The number of benzene rings is 2. The molecule has 0 fully saturated rings. The van der Waals surface area contributed by atoms with Crippen LogP contribution in [0.1, 0.15) is 11.1 Å². The quantitative estimate of drug-likeness (QED) is 0.793. The molecule has 1 N–H and O–H groups in total. The van der Waals surface area contributed by atoms with Crippen LogP contribution in [0, 0.1) is 6.92 Å². The Hall–Kier alpha value is -2.43. The summed E-state index contributed by atoms with van der Waals surface area (Å²) in [5, 5.41) is 9.10. The van der Waals surface area contributed by atoms with Crippen molar-refractivity contribution < 1.29 is 23.0 Å². The summed E-state index contributed by atoms with van der Waals surface area (Å²) in [6.07, 6.45) is -4.43. The maximum Gasteiger partial charge on any atom is 0.416 e. The van der Waals surface area contributed by atoms with E-state index in [4.69, 9.17) is 9.84 Å². The SMILES string of the molecule is C=C(O)COc1ccc(C(F)(F)F)cc1-c1cccc(C)c1. The molecule has 0 saturated carbocycles. The Morgan fingerprint density at radius 1 is 1.18 bits per heavy atom. The van der Waals surface area contributed by atoms with Crippen LogP contribution in [0.15, 0.2) is 54.8 Å². The molecular formula is C17H15F3O2. The third-order valence-electron chi connectivity index (χ3n) is 3.03. The molecule has 0 atom stereocenters. The number of hydrogen-bond acceptors (Lipinski definition) is 2. The molecule has 2 nitrogen and oxygen atoms in total. The molecule has 0 aliphatic carbocycles. The van der Waals surface area contributed by atoms with Crippen LogP contribution in [-0.2, 0) is 6.18 Å². The van der Waals surface area contributed by atoms with E-state index in [0.717, 1.165) is 17.7 Å². The molecule has 0 bridgehead atoms. The van der Waals surface area contributed by atoms with Crippen LogP contribution in [0.5, 0.6) is 5.75 Å². The fourth-order valence-corrected chi connectivity index (χ4v) is 2.03. The summed E-state index contributed by atoms with van der Waals surface area (Å²) in [6.45, 7) is 4.97. The van der Waals surface area contributed by atoms with Gasteiger partial charge in [0, 0.05) is 5.56 Å². The van der Waals surface area contributed by atoms with Crippen molar-refractivity contribution in [3.63, 3.8) is 0 Å². The van der Waals surface area contributed by atoms with E-state index in [0.29, 0.717) is 11.1 Å². The number of aliphatic hydroxyl groups is 1. The number of aliphatic hydroxyl groups excluding tert-OH is 1. The Kier molecular flexibility index (Phi) is 4.45. The van der Waals surface area contributed by atoms with Crippen molar-refractivity contribution in [2.75, 3.05) is 6.61 Å². The minimum Gasteiger partial charge on any atom is -0.509 e. The molecular weight excluding hydrogens is 293 g/mol. The Labute approximate surface area is 126 Å². The molecule has 0 aliphatic heterocycles. The van der Waals surface area contributed by atoms with Crippen LogP contribution in [0.4, 0.5) is 13.2 Å². The topological polar surface area (TPSA) is 29.5 Å². The van der Waals surface area contributed by atoms with Crippen LogP contribution in [0.2, 0.25) is 0 Å². The summed E-state index contributed by atoms with van der Waals surface area (Å²) in [5.41, 5.74) is 1.11. The van der Waals surface area contributed by atoms with Gasteiger partial charge in [0.1, 0.15) is 18.1 Å². The van der Waals surface area contributed by atoms with E-state index in [1.165, 1.54) is 6.07 Å². The zero-order valence-electron chi connectivity index (χ0n) is 11.9. The van der Waals surface area contributed by atoms with E-state index >= 15 is 0 Å². The lowest BCUT2D eigenvalue weighted by molar-refractivity contribution is -0.137. The molecule has 22 heavy (non-hydrogen) atoms. The Bertz CT molecular complexity index is 691. The van der Waals surface area contributed by atoms with E-state index < -0.39 is 11.7 Å². The van der Waals surface area contributed by atoms with Gasteiger partial charge in [-0.3, -0.25) is 0 Å². The molecule has 0 saturated heterocycles. The van der Waals surface area contributed by atoms with Gasteiger partial charge in [0.2, 0.25) is 0 Å². The first kappa shape index (κ1) is 15.9. The molecule has 0 radical (unpaired) electrons. The smallest absolute Gasteiger partial charge is 0.416 e. The molecule has 0 unspecified atom stereocenters. The predicted octanol–water partition coefficient (Wildman–Crippen LogP) is 5.13. The summed E-state index contributed by atoms with van der Waals surface area (Å²) in [5.74, 6) is 0.0592. The summed E-state index contributed by atoms with van der Waals surface area (Å²) in [4.78, 5) is 0. The zero-order chi connectivity index (χ0) is 16.3. The van der Waals surface area contributed by atoms with Crippen molar-refractivity contribution in [2.45, 2.75) is 13.1 Å². The highest BCUT2D eigenvalue weighted by Gasteiger charge is 2.31. The minimum atomic E-state index is -4.43. The van der Waals surface area contributed by atoms with Gasteiger partial charge in [0.15, 0.2) is 0 Å². The maximum atomic E-state index is 12.9. The standard InChI is InChI=1S/C17H15F3O2/c1-11-4-3-5-13(8-11)15-9-14(17(18,19)20)6-7-16(15)22-10-12(2)21/h3-9,21H,2,10H2,1H3. The maximum absolute atomic E-state index is 12.9. The molecule has 0 aliphatic rings. The first-order valence-electron chi connectivity index (χ1n) is 6.55. The molecule has 0 spiro atoms. The average molecular weight is 308 g/mol. The number of aryl methyl sites for hydroxylation is 1. The first-order chi connectivity index (χ1) is 10.3. The summed E-state index contributed by atoms with van der Waals surface area (Å²) >= 11 is 0. The molecule has 0 heterocycles. The van der Waals surface area contributed by atoms with Crippen LogP contribution in [0.25, 0.3) is 11.1 Å². The average Bonchev–Trinajstić information content (AvgIpc) is 2.44. The highest BCUT2D eigenvalue weighted by molar-refractivity contribution is 5.72. The van der Waals surface area contributed by atoms with Gasteiger partial charge in [-0.1, -0.05) is 36.4 Å². The van der Waals surface area contributed by atoms with Gasteiger partial charge >= 0.3 is 6.18 Å². The summed E-state index contributed by atoms with van der Waals surface area (Å²) in [7, 11) is 0. The van der Waals surface area contributed by atoms with Crippen molar-refractivity contribution >= 4 is 0 Å². The van der Waals surface area contributed by atoms with Crippen molar-refractivity contribution in [1.29, 1.82) is 0 Å². The highest BCUT2D eigenvalue weighted by Crippen LogP contribution is 2.37. The van der Waals surface area contributed by atoms with Gasteiger partial charge in [-0.15, -0.1) is 0 Å². The third kappa shape index (κ3) is 3.81. The summed E-state index contributed by atoms with van der Waals surface area (Å²) < 4.78 is 44.1. The number of alkyl halides is 3. The van der Waals surface area contributed by atoms with E-state index in [2.05, 4.69) is 6.58 Å². The Morgan fingerprint density at radius 2 is 1.91 bits per heavy atom. The van der Waals surface area contributed by atoms with Crippen molar-refractivity contribution in [2.24, 2.45) is 0 Å². The number of halogens is 3. The second-order valence-electron chi connectivity index (χ2n) is 4.93. The van der Waals surface area contributed by atoms with E-state index in [1.54, 1.807) is 18.2 Å². The van der Waals surface area contributed by atoms with Gasteiger partial charge in [0.05, 0.1) is 5.56 Å². The monoisotopic (exact) mass is 308 g/mol. The van der Waals surface area contributed by atoms with Gasteiger partial charge in [0.25, 0.3) is 0 Å². The lowest BCUT2D eigenvalue weighted by atomic mass is 10.00. The van der Waals surface area contributed by atoms with Gasteiger partial charge in [-0.2, -0.15) is 13.2 Å². The largest absolute Gasteiger partial charge is 0.509 e. The van der Waals surface area contributed by atoms with Crippen molar-refractivity contribution in [1.82, 2.24) is 0 Å². The third-order valence-corrected chi connectivity index (χ3v) is 3.03. The van der Waals surface area contributed by atoms with Crippen LogP contribution in [-0.4, -0.2) is 11.7 Å². The van der Waals surface area contributed by atoms with Crippen molar-refractivity contribution in [3.8, 4) is 16.9 Å². The van der Waals surface area contributed by atoms with Crippen LogP contribution < -0.4 is 4.74 Å². The first-order valence-corrected chi connectivity index (χ1v) is 6.55. The summed E-state index contributed by atoms with van der Waals surface area (Å²) in [6, 6.07) is 10.4. The highest BCUT2D eigenvalue weighted by atomic mass is 19.4. The second-order valence-corrected chi connectivity index (χ2v) is 4.93. The predicted molar refractivity (Wildman–Crippen MR) is 78.9 cm³/mol. The zero-order valence-corrected chi connectivity index (χ0v) is 11.9.